The van der Waals surface area contributed by atoms with Crippen LogP contribution in [0, 0.1) is 0 Å². The predicted octanol–water partition coefficient (Wildman–Crippen LogP) is 2.43. The number of amides is 1. The van der Waals surface area contributed by atoms with Gasteiger partial charge in [-0.15, -0.1) is 0 Å². The number of ketones is 1. The normalized spacial score (nSPS) is 10.6. The molecule has 0 unspecified atom stereocenters. The molecule has 0 radical (unpaired) electrons. The maximum atomic E-state index is 12.8. The summed E-state index contributed by atoms with van der Waals surface area (Å²) in [5.41, 5.74) is 6.71. The molecule has 0 saturated carbocycles. The van der Waals surface area contributed by atoms with E-state index in [0.29, 0.717) is 11.1 Å². The molecule has 122 valence electrons. The Morgan fingerprint density at radius 3 is 1.96 bits per heavy atom. The fourth-order valence-electron chi connectivity index (χ4n) is 1.96. The summed E-state index contributed by atoms with van der Waals surface area (Å²) in [6, 6.07) is 18.3. The first kappa shape index (κ1) is 17.4. The quantitative estimate of drug-likeness (QED) is 0.345. The summed E-state index contributed by atoms with van der Waals surface area (Å²) in [4.78, 5) is 23.7. The van der Waals surface area contributed by atoms with E-state index < -0.39 is 0 Å². The van der Waals surface area contributed by atoms with Crippen molar-refractivity contribution < 1.29 is 9.59 Å². The van der Waals surface area contributed by atoms with Crippen LogP contribution in [0.4, 0.5) is 0 Å². The second-order valence-corrected chi connectivity index (χ2v) is 5.31. The highest BCUT2D eigenvalue weighted by atomic mass is 32.1. The van der Waals surface area contributed by atoms with Crippen LogP contribution in [-0.2, 0) is 4.79 Å². The lowest BCUT2D eigenvalue weighted by Crippen LogP contribution is -2.44. The van der Waals surface area contributed by atoms with Crippen LogP contribution >= 0.6 is 12.2 Å². The average Bonchev–Trinajstić information content (AvgIpc) is 2.61. The number of nitrogens with one attached hydrogen (secondary N) is 3. The highest BCUT2D eigenvalue weighted by Gasteiger charge is 2.14. The number of allylic oxidation sites excluding steroid dienone is 1. The SMILES string of the molecule is CC(=O)NNC(=S)N/C=C(/C(=O)c1ccccc1)c1ccccc1. The summed E-state index contributed by atoms with van der Waals surface area (Å²) in [7, 11) is 0. The number of carbonyl (C=O) groups is 2. The third-order valence-electron chi connectivity index (χ3n) is 3.07. The van der Waals surface area contributed by atoms with E-state index in [1.807, 2.05) is 48.5 Å². The van der Waals surface area contributed by atoms with Crippen molar-refractivity contribution in [2.75, 3.05) is 0 Å². The van der Waals surface area contributed by atoms with E-state index in [4.69, 9.17) is 12.2 Å². The van der Waals surface area contributed by atoms with Gasteiger partial charge < -0.3 is 5.32 Å². The zero-order valence-electron chi connectivity index (χ0n) is 13.1. The smallest absolute Gasteiger partial charge is 0.235 e. The van der Waals surface area contributed by atoms with Crippen LogP contribution in [-0.4, -0.2) is 16.8 Å². The Labute approximate surface area is 145 Å². The molecule has 0 aromatic heterocycles. The molecule has 0 spiro atoms. The first-order valence-electron chi connectivity index (χ1n) is 7.26. The van der Waals surface area contributed by atoms with Gasteiger partial charge in [0.05, 0.1) is 0 Å². The van der Waals surface area contributed by atoms with Gasteiger partial charge in [0.1, 0.15) is 0 Å². The van der Waals surface area contributed by atoms with E-state index in [9.17, 15) is 9.59 Å². The lowest BCUT2D eigenvalue weighted by Gasteiger charge is -2.11. The molecule has 5 nitrogen and oxygen atoms in total. The Hall–Kier alpha value is -2.99. The number of carbonyl (C=O) groups excluding carboxylic acids is 2. The third kappa shape index (κ3) is 5.03. The standard InChI is InChI=1S/C18H17N3O2S/c1-13(22)20-21-18(24)19-12-16(14-8-4-2-5-9-14)17(23)15-10-6-3-7-11-15/h2-12H,1H3,(H,20,22)(H2,19,21,24)/b16-12+. The molecule has 0 aliphatic carbocycles. The molecule has 24 heavy (non-hydrogen) atoms. The average molecular weight is 339 g/mol. The van der Waals surface area contributed by atoms with Crippen LogP contribution in [0.1, 0.15) is 22.8 Å². The summed E-state index contributed by atoms with van der Waals surface area (Å²) < 4.78 is 0. The van der Waals surface area contributed by atoms with Gasteiger partial charge in [0, 0.05) is 24.3 Å². The molecular weight excluding hydrogens is 322 g/mol. The Balaban J connectivity index is 2.24. The van der Waals surface area contributed by atoms with Crippen LogP contribution in [0.25, 0.3) is 5.57 Å². The van der Waals surface area contributed by atoms with E-state index in [2.05, 4.69) is 16.2 Å². The van der Waals surface area contributed by atoms with Gasteiger partial charge in [0.2, 0.25) is 5.91 Å². The van der Waals surface area contributed by atoms with Crippen molar-refractivity contribution >= 4 is 34.6 Å². The molecule has 0 saturated heterocycles. The molecule has 0 aliphatic rings. The van der Waals surface area contributed by atoms with Gasteiger partial charge in [0.25, 0.3) is 0 Å². The van der Waals surface area contributed by atoms with Gasteiger partial charge in [-0.25, -0.2) is 0 Å². The van der Waals surface area contributed by atoms with Gasteiger partial charge in [-0.2, -0.15) is 0 Å². The molecule has 2 aromatic rings. The molecule has 0 atom stereocenters. The van der Waals surface area contributed by atoms with Crippen molar-refractivity contribution in [3.05, 3.63) is 78.0 Å². The second kappa shape index (κ2) is 8.59. The fraction of sp³-hybridized carbons (Fsp3) is 0.0556. The van der Waals surface area contributed by atoms with Crippen molar-refractivity contribution in [2.45, 2.75) is 6.92 Å². The molecule has 0 heterocycles. The van der Waals surface area contributed by atoms with Gasteiger partial charge >= 0.3 is 0 Å². The maximum absolute atomic E-state index is 12.8. The molecule has 2 rings (SSSR count). The lowest BCUT2D eigenvalue weighted by molar-refractivity contribution is -0.119. The first-order valence-corrected chi connectivity index (χ1v) is 7.67. The minimum atomic E-state index is -0.272. The van der Waals surface area contributed by atoms with E-state index in [-0.39, 0.29) is 16.8 Å². The molecule has 0 fully saturated rings. The number of hydrogen-bond acceptors (Lipinski definition) is 3. The van der Waals surface area contributed by atoms with Gasteiger partial charge in [0.15, 0.2) is 10.9 Å². The van der Waals surface area contributed by atoms with E-state index >= 15 is 0 Å². The first-order chi connectivity index (χ1) is 11.6. The van der Waals surface area contributed by atoms with E-state index in [0.717, 1.165) is 5.56 Å². The Kier molecular flexibility index (Phi) is 6.22. The minimum absolute atomic E-state index is 0.128. The van der Waals surface area contributed by atoms with Gasteiger partial charge in [-0.1, -0.05) is 60.7 Å². The molecule has 3 N–H and O–H groups in total. The number of hydrazine groups is 1. The molecule has 2 aromatic carbocycles. The molecular formula is C18H17N3O2S. The summed E-state index contributed by atoms with van der Waals surface area (Å²) in [6.07, 6.45) is 1.53. The van der Waals surface area contributed by atoms with Crippen molar-refractivity contribution in [1.82, 2.24) is 16.2 Å². The van der Waals surface area contributed by atoms with Crippen LogP contribution in [0.15, 0.2) is 66.9 Å². The Bertz CT molecular complexity index is 758. The predicted molar refractivity (Wildman–Crippen MR) is 97.9 cm³/mol. The topological polar surface area (TPSA) is 70.2 Å². The zero-order valence-corrected chi connectivity index (χ0v) is 13.9. The highest BCUT2D eigenvalue weighted by Crippen LogP contribution is 2.19. The van der Waals surface area contributed by atoms with E-state index in [1.165, 1.54) is 13.1 Å². The number of benzene rings is 2. The largest absolute Gasteiger partial charge is 0.337 e. The van der Waals surface area contributed by atoms with Gasteiger partial charge in [-0.3, -0.25) is 20.4 Å². The van der Waals surface area contributed by atoms with Crippen LogP contribution in [0.5, 0.6) is 0 Å². The maximum Gasteiger partial charge on any atom is 0.235 e. The monoisotopic (exact) mass is 339 g/mol. The summed E-state index contributed by atoms with van der Waals surface area (Å²) >= 11 is 5.05. The summed E-state index contributed by atoms with van der Waals surface area (Å²) in [5.74, 6) is -0.400. The molecule has 1 amide bonds. The molecule has 6 heteroatoms. The van der Waals surface area contributed by atoms with Crippen LogP contribution in [0.3, 0.4) is 0 Å². The highest BCUT2D eigenvalue weighted by molar-refractivity contribution is 7.80. The van der Waals surface area contributed by atoms with Crippen molar-refractivity contribution in [1.29, 1.82) is 0 Å². The van der Waals surface area contributed by atoms with Crippen molar-refractivity contribution in [3.63, 3.8) is 0 Å². The van der Waals surface area contributed by atoms with Crippen molar-refractivity contribution in [2.24, 2.45) is 0 Å². The molecule has 0 aliphatic heterocycles. The van der Waals surface area contributed by atoms with Crippen LogP contribution < -0.4 is 16.2 Å². The minimum Gasteiger partial charge on any atom is -0.337 e. The zero-order chi connectivity index (χ0) is 17.4. The Morgan fingerprint density at radius 2 is 1.42 bits per heavy atom. The fourth-order valence-corrected chi connectivity index (χ4v) is 2.07. The van der Waals surface area contributed by atoms with Gasteiger partial charge in [-0.05, 0) is 17.8 Å². The third-order valence-corrected chi connectivity index (χ3v) is 3.28. The summed E-state index contributed by atoms with van der Waals surface area (Å²) in [6.45, 7) is 1.36. The molecule has 0 bridgehead atoms. The second-order valence-electron chi connectivity index (χ2n) is 4.90. The Morgan fingerprint density at radius 1 is 0.875 bits per heavy atom. The summed E-state index contributed by atoms with van der Waals surface area (Å²) in [5, 5.41) is 2.99. The number of rotatable bonds is 4. The van der Waals surface area contributed by atoms with Crippen LogP contribution in [0.2, 0.25) is 0 Å². The lowest BCUT2D eigenvalue weighted by atomic mass is 9.98. The van der Waals surface area contributed by atoms with E-state index in [1.54, 1.807) is 12.1 Å². The number of hydrogen-bond donors (Lipinski definition) is 3. The number of Topliss-reactive ketones (excluding diaryl/α,β-unsaturated/α-hetero) is 1. The number of thiocarbonyl (C=S) groups is 1. The van der Waals surface area contributed by atoms with Crippen molar-refractivity contribution in [3.8, 4) is 0 Å².